The highest BCUT2D eigenvalue weighted by Crippen LogP contribution is 2.22. The van der Waals surface area contributed by atoms with E-state index in [0.717, 1.165) is 37.1 Å². The molecule has 0 bridgehead atoms. The molecular weight excluding hydrogens is 360 g/mol. The zero-order valence-electron chi connectivity index (χ0n) is 16.1. The number of hydrogen-bond acceptors (Lipinski definition) is 4. The van der Waals surface area contributed by atoms with Gasteiger partial charge in [0.25, 0.3) is 5.91 Å². The highest BCUT2D eigenvalue weighted by atomic mass is 32.2. The van der Waals surface area contributed by atoms with Crippen molar-refractivity contribution in [2.75, 3.05) is 13.1 Å². The summed E-state index contributed by atoms with van der Waals surface area (Å²) >= 11 is 0. The summed E-state index contributed by atoms with van der Waals surface area (Å²) in [4.78, 5) is 19.2. The highest BCUT2D eigenvalue weighted by Gasteiger charge is 2.24. The van der Waals surface area contributed by atoms with Crippen molar-refractivity contribution in [1.82, 2.24) is 9.88 Å². The number of rotatable bonds is 4. The lowest BCUT2D eigenvalue weighted by molar-refractivity contribution is 0.0677. The Labute approximate surface area is 161 Å². The molecule has 3 rings (SSSR count). The smallest absolute Gasteiger partial charge is 0.272 e. The SMILES string of the molecule is Cc1ccc(S(=O)(=O)Cc2cccc(C(=O)N3CCCC(C)C3)n2)c(C)c1. The molecule has 1 saturated heterocycles. The molecule has 1 aromatic carbocycles. The van der Waals surface area contributed by atoms with Gasteiger partial charge in [0.05, 0.1) is 16.3 Å². The van der Waals surface area contributed by atoms with Crippen LogP contribution in [0.4, 0.5) is 0 Å². The van der Waals surface area contributed by atoms with Crippen LogP contribution in [0.5, 0.6) is 0 Å². The van der Waals surface area contributed by atoms with Crippen LogP contribution in [-0.2, 0) is 15.6 Å². The minimum Gasteiger partial charge on any atom is -0.337 e. The van der Waals surface area contributed by atoms with E-state index in [2.05, 4.69) is 11.9 Å². The summed E-state index contributed by atoms with van der Waals surface area (Å²) in [7, 11) is -3.52. The van der Waals surface area contributed by atoms with Crippen molar-refractivity contribution < 1.29 is 13.2 Å². The Morgan fingerprint density at radius 1 is 1.22 bits per heavy atom. The normalized spacial score (nSPS) is 17.7. The van der Waals surface area contributed by atoms with Crippen LogP contribution in [0.15, 0.2) is 41.3 Å². The number of nitrogens with zero attached hydrogens (tertiary/aromatic N) is 2. The molecule has 2 aromatic rings. The molecule has 1 amide bonds. The molecule has 144 valence electrons. The number of carbonyl (C=O) groups excluding carboxylic acids is 1. The first kappa shape index (κ1) is 19.5. The third-order valence-corrected chi connectivity index (χ3v) is 6.78. The topological polar surface area (TPSA) is 67.3 Å². The van der Waals surface area contributed by atoms with Crippen molar-refractivity contribution in [3.63, 3.8) is 0 Å². The second-order valence-corrected chi connectivity index (χ2v) is 9.50. The molecule has 1 fully saturated rings. The summed E-state index contributed by atoms with van der Waals surface area (Å²) < 4.78 is 25.6. The van der Waals surface area contributed by atoms with Crippen LogP contribution in [0, 0.1) is 19.8 Å². The number of piperidine rings is 1. The van der Waals surface area contributed by atoms with E-state index in [-0.39, 0.29) is 11.7 Å². The number of amides is 1. The minimum atomic E-state index is -3.52. The van der Waals surface area contributed by atoms with Crippen molar-refractivity contribution in [2.24, 2.45) is 5.92 Å². The fourth-order valence-corrected chi connectivity index (χ4v) is 5.17. The average molecular weight is 387 g/mol. The quantitative estimate of drug-likeness (QED) is 0.806. The van der Waals surface area contributed by atoms with Gasteiger partial charge in [-0.15, -0.1) is 0 Å². The van der Waals surface area contributed by atoms with Gasteiger partial charge in [-0.25, -0.2) is 13.4 Å². The minimum absolute atomic E-state index is 0.118. The summed E-state index contributed by atoms with van der Waals surface area (Å²) in [5.74, 6) is 0.150. The molecule has 6 heteroatoms. The molecule has 0 aliphatic carbocycles. The Balaban J connectivity index is 1.82. The van der Waals surface area contributed by atoms with Crippen molar-refractivity contribution in [3.8, 4) is 0 Å². The van der Waals surface area contributed by atoms with E-state index < -0.39 is 9.84 Å². The molecule has 5 nitrogen and oxygen atoms in total. The van der Waals surface area contributed by atoms with E-state index in [9.17, 15) is 13.2 Å². The van der Waals surface area contributed by atoms with Crippen LogP contribution >= 0.6 is 0 Å². The van der Waals surface area contributed by atoms with Gasteiger partial charge < -0.3 is 4.90 Å². The van der Waals surface area contributed by atoms with Crippen LogP contribution in [0.3, 0.4) is 0 Å². The van der Waals surface area contributed by atoms with Crippen LogP contribution in [-0.4, -0.2) is 37.3 Å². The fourth-order valence-electron chi connectivity index (χ4n) is 3.64. The van der Waals surface area contributed by atoms with E-state index in [1.807, 2.05) is 17.9 Å². The molecule has 1 aliphatic rings. The number of carbonyl (C=O) groups is 1. The van der Waals surface area contributed by atoms with E-state index in [4.69, 9.17) is 0 Å². The van der Waals surface area contributed by atoms with Crippen LogP contribution in [0.2, 0.25) is 0 Å². The lowest BCUT2D eigenvalue weighted by Crippen LogP contribution is -2.39. The molecule has 27 heavy (non-hydrogen) atoms. The third-order valence-electron chi connectivity index (χ3n) is 4.97. The maximum atomic E-state index is 12.8. The number of hydrogen-bond donors (Lipinski definition) is 0. The molecule has 1 aromatic heterocycles. The van der Waals surface area contributed by atoms with Gasteiger partial charge in [-0.2, -0.15) is 0 Å². The van der Waals surface area contributed by atoms with Gasteiger partial charge in [0.2, 0.25) is 0 Å². The molecule has 1 unspecified atom stereocenters. The Morgan fingerprint density at radius 3 is 2.70 bits per heavy atom. The first-order valence-electron chi connectivity index (χ1n) is 9.31. The molecule has 1 aliphatic heterocycles. The van der Waals surface area contributed by atoms with Gasteiger partial charge in [0, 0.05) is 13.1 Å². The van der Waals surface area contributed by atoms with Gasteiger partial charge in [-0.3, -0.25) is 4.79 Å². The van der Waals surface area contributed by atoms with Gasteiger partial charge in [0.1, 0.15) is 5.69 Å². The Morgan fingerprint density at radius 2 is 2.00 bits per heavy atom. The summed E-state index contributed by atoms with van der Waals surface area (Å²) in [6, 6.07) is 10.3. The van der Waals surface area contributed by atoms with Crippen molar-refractivity contribution in [1.29, 1.82) is 0 Å². The van der Waals surface area contributed by atoms with Gasteiger partial charge in [-0.1, -0.05) is 30.7 Å². The number of sulfone groups is 1. The first-order valence-corrected chi connectivity index (χ1v) is 11.0. The van der Waals surface area contributed by atoms with Gasteiger partial charge in [-0.05, 0) is 56.4 Å². The Bertz CT molecular complexity index is 954. The zero-order chi connectivity index (χ0) is 19.6. The average Bonchev–Trinajstić information content (AvgIpc) is 2.60. The molecular formula is C21H26N2O3S. The predicted molar refractivity (Wildman–Crippen MR) is 105 cm³/mol. The number of aryl methyl sites for hydroxylation is 2. The Kier molecular flexibility index (Phi) is 5.65. The summed E-state index contributed by atoms with van der Waals surface area (Å²) in [6.07, 6.45) is 2.12. The highest BCUT2D eigenvalue weighted by molar-refractivity contribution is 7.90. The Hall–Kier alpha value is -2.21. The van der Waals surface area contributed by atoms with E-state index >= 15 is 0 Å². The van der Waals surface area contributed by atoms with E-state index in [1.54, 1.807) is 37.3 Å². The van der Waals surface area contributed by atoms with Gasteiger partial charge >= 0.3 is 0 Å². The maximum Gasteiger partial charge on any atom is 0.272 e. The molecule has 0 saturated carbocycles. The maximum absolute atomic E-state index is 12.8. The van der Waals surface area contributed by atoms with Crippen molar-refractivity contribution in [2.45, 2.75) is 44.3 Å². The van der Waals surface area contributed by atoms with Gasteiger partial charge in [0.15, 0.2) is 9.84 Å². The van der Waals surface area contributed by atoms with Crippen molar-refractivity contribution in [3.05, 3.63) is 58.9 Å². The number of benzene rings is 1. The molecule has 0 radical (unpaired) electrons. The summed E-state index contributed by atoms with van der Waals surface area (Å²) in [5, 5.41) is 0. The summed E-state index contributed by atoms with van der Waals surface area (Å²) in [6.45, 7) is 7.33. The number of likely N-dealkylation sites (tertiary alicyclic amines) is 1. The summed E-state index contributed by atoms with van der Waals surface area (Å²) in [5.41, 5.74) is 2.46. The second-order valence-electron chi connectivity index (χ2n) is 7.54. The molecule has 0 N–H and O–H groups in total. The molecule has 2 heterocycles. The monoisotopic (exact) mass is 386 g/mol. The molecule has 1 atom stereocenters. The number of aromatic nitrogens is 1. The van der Waals surface area contributed by atoms with E-state index in [1.165, 1.54) is 0 Å². The standard InChI is InChI=1S/C21H26N2O3S/c1-15-9-10-20(17(3)12-15)27(25,26)14-18-7-4-8-19(22-18)21(24)23-11-5-6-16(2)13-23/h4,7-10,12,16H,5-6,11,13-14H2,1-3H3. The third kappa shape index (κ3) is 4.56. The first-order chi connectivity index (χ1) is 12.8. The van der Waals surface area contributed by atoms with Crippen LogP contribution in [0.1, 0.15) is 47.1 Å². The zero-order valence-corrected chi connectivity index (χ0v) is 16.9. The fraction of sp³-hybridized carbons (Fsp3) is 0.429. The van der Waals surface area contributed by atoms with Crippen molar-refractivity contribution >= 4 is 15.7 Å². The second kappa shape index (κ2) is 7.80. The number of pyridine rings is 1. The lowest BCUT2D eigenvalue weighted by atomic mass is 10.00. The van der Waals surface area contributed by atoms with Crippen LogP contribution < -0.4 is 0 Å². The molecule has 0 spiro atoms. The predicted octanol–water partition coefficient (Wildman–Crippen LogP) is 3.54. The largest absolute Gasteiger partial charge is 0.337 e. The van der Waals surface area contributed by atoms with Crippen LogP contribution in [0.25, 0.3) is 0 Å². The lowest BCUT2D eigenvalue weighted by Gasteiger charge is -2.30. The van der Waals surface area contributed by atoms with E-state index in [0.29, 0.717) is 22.2 Å².